The van der Waals surface area contributed by atoms with Gasteiger partial charge in [0.2, 0.25) is 10.0 Å². The van der Waals surface area contributed by atoms with E-state index < -0.39 is 15.7 Å². The Morgan fingerprint density at radius 2 is 2.00 bits per heavy atom. The van der Waals surface area contributed by atoms with Crippen molar-refractivity contribution in [2.24, 2.45) is 5.92 Å². The number of nitrogens with zero attached hydrogens (tertiary/aromatic N) is 1. The molecule has 8 heteroatoms. The minimum absolute atomic E-state index is 0.0421. The molecular weight excluding hydrogens is 392 g/mol. The second-order valence-electron chi connectivity index (χ2n) is 8.08. The smallest absolute Gasteiger partial charge is 0.251 e. The van der Waals surface area contributed by atoms with E-state index in [1.165, 1.54) is 0 Å². The van der Waals surface area contributed by atoms with Crippen LogP contribution in [0.3, 0.4) is 0 Å². The number of hydrogen-bond acceptors (Lipinski definition) is 5. The Hall–Kier alpha value is -1.64. The highest BCUT2D eigenvalue weighted by Gasteiger charge is 2.49. The van der Waals surface area contributed by atoms with Crippen LogP contribution in [0.4, 0.5) is 0 Å². The van der Waals surface area contributed by atoms with Crippen molar-refractivity contribution in [3.8, 4) is 5.75 Å². The van der Waals surface area contributed by atoms with Crippen LogP contribution in [0.25, 0.3) is 0 Å². The molecule has 0 aliphatic carbocycles. The maximum atomic E-state index is 13.1. The third-order valence-electron chi connectivity index (χ3n) is 5.34. The lowest BCUT2D eigenvalue weighted by Crippen LogP contribution is -2.51. The van der Waals surface area contributed by atoms with Gasteiger partial charge in [-0.15, -0.1) is 0 Å². The number of hydrogen-bond donors (Lipinski definition) is 1. The molecular formula is C21H34N2O5S. The number of carbonyl (C=O) groups is 1. The lowest BCUT2D eigenvalue weighted by Gasteiger charge is -2.36. The maximum absolute atomic E-state index is 13.1. The van der Waals surface area contributed by atoms with Crippen LogP contribution in [0, 0.1) is 5.92 Å². The Kier molecular flexibility index (Phi) is 8.08. The Balaban J connectivity index is 2.02. The van der Waals surface area contributed by atoms with Crippen molar-refractivity contribution in [3.63, 3.8) is 0 Å². The Morgan fingerprint density at radius 3 is 2.55 bits per heavy atom. The summed E-state index contributed by atoms with van der Waals surface area (Å²) in [7, 11) is -2.04. The Bertz CT molecular complexity index is 779. The van der Waals surface area contributed by atoms with Gasteiger partial charge in [0.05, 0.1) is 25.5 Å². The standard InChI is InChI=1S/C21H34N2O5S/c1-6-18-15-28-21(4,12-11-16(2)3)23(18)29(25,26)14-13-22-20(24)17-7-9-19(27-5)10-8-17/h7-10,16,18H,6,11-15H2,1-5H3,(H,22,24)/t18-,21+/m1/s1. The van der Waals surface area contributed by atoms with E-state index in [0.717, 1.165) is 6.42 Å². The van der Waals surface area contributed by atoms with Gasteiger partial charge in [0, 0.05) is 12.1 Å². The predicted octanol–water partition coefficient (Wildman–Crippen LogP) is 3.02. The van der Waals surface area contributed by atoms with Crippen molar-refractivity contribution in [1.29, 1.82) is 0 Å². The summed E-state index contributed by atoms with van der Waals surface area (Å²) in [4.78, 5) is 12.3. The number of carbonyl (C=O) groups excluding carboxylic acids is 1. The molecule has 1 aliphatic rings. The lowest BCUT2D eigenvalue weighted by molar-refractivity contribution is -0.0433. The molecule has 29 heavy (non-hydrogen) atoms. The monoisotopic (exact) mass is 426 g/mol. The third kappa shape index (κ3) is 5.93. The summed E-state index contributed by atoms with van der Waals surface area (Å²) in [5.74, 6) is 0.649. The fourth-order valence-electron chi connectivity index (χ4n) is 3.57. The van der Waals surface area contributed by atoms with E-state index in [1.54, 1.807) is 35.7 Å². The number of rotatable bonds is 10. The lowest BCUT2D eigenvalue weighted by atomic mass is 10.0. The SMILES string of the molecule is CC[C@@H]1CO[C@@](C)(CCC(C)C)N1S(=O)(=O)CCNC(=O)c1ccc(OC)cc1. The summed E-state index contributed by atoms with van der Waals surface area (Å²) in [6.45, 7) is 8.50. The summed E-state index contributed by atoms with van der Waals surface area (Å²) in [5.41, 5.74) is -0.370. The van der Waals surface area contributed by atoms with E-state index in [9.17, 15) is 13.2 Å². The highest BCUT2D eigenvalue weighted by molar-refractivity contribution is 7.89. The van der Waals surface area contributed by atoms with Gasteiger partial charge in [0.15, 0.2) is 0 Å². The van der Waals surface area contributed by atoms with Crippen LogP contribution < -0.4 is 10.1 Å². The van der Waals surface area contributed by atoms with Crippen LogP contribution in [0.2, 0.25) is 0 Å². The normalized spacial score (nSPS) is 22.8. The zero-order chi connectivity index (χ0) is 21.7. The quantitative estimate of drug-likeness (QED) is 0.622. The number of amides is 1. The molecule has 1 aromatic rings. The van der Waals surface area contributed by atoms with Crippen LogP contribution >= 0.6 is 0 Å². The zero-order valence-electron chi connectivity index (χ0n) is 18.1. The molecule has 1 N–H and O–H groups in total. The maximum Gasteiger partial charge on any atom is 0.251 e. The fourth-order valence-corrected chi connectivity index (χ4v) is 5.53. The van der Waals surface area contributed by atoms with Gasteiger partial charge >= 0.3 is 0 Å². The first-order chi connectivity index (χ1) is 13.6. The van der Waals surface area contributed by atoms with E-state index in [4.69, 9.17) is 9.47 Å². The van der Waals surface area contributed by atoms with Crippen molar-refractivity contribution in [3.05, 3.63) is 29.8 Å². The average Bonchev–Trinajstić information content (AvgIpc) is 3.04. The van der Waals surface area contributed by atoms with E-state index >= 15 is 0 Å². The molecule has 1 fully saturated rings. The first-order valence-corrected chi connectivity index (χ1v) is 11.8. The first kappa shape index (κ1) is 23.6. The van der Waals surface area contributed by atoms with Crippen molar-refractivity contribution >= 4 is 15.9 Å². The third-order valence-corrected chi connectivity index (χ3v) is 7.34. The average molecular weight is 427 g/mol. The molecule has 2 rings (SSSR count). The summed E-state index contributed by atoms with van der Waals surface area (Å²) in [5, 5.41) is 2.70. The number of benzene rings is 1. The van der Waals surface area contributed by atoms with Crippen LogP contribution in [-0.2, 0) is 14.8 Å². The molecule has 2 atom stereocenters. The number of ether oxygens (including phenoxy) is 2. The first-order valence-electron chi connectivity index (χ1n) is 10.2. The Labute approximate surface area is 174 Å². The second kappa shape index (κ2) is 9.91. The number of nitrogens with one attached hydrogen (secondary N) is 1. The van der Waals surface area contributed by atoms with Crippen LogP contribution in [0.15, 0.2) is 24.3 Å². The summed E-state index contributed by atoms with van der Waals surface area (Å²) < 4.78 is 38.9. The molecule has 0 bridgehead atoms. The number of methoxy groups -OCH3 is 1. The van der Waals surface area contributed by atoms with Crippen molar-refractivity contribution in [2.75, 3.05) is 26.0 Å². The molecule has 0 saturated carbocycles. The molecule has 164 valence electrons. The summed E-state index contributed by atoms with van der Waals surface area (Å²) in [6, 6.07) is 6.51. The van der Waals surface area contributed by atoms with Crippen molar-refractivity contribution < 1.29 is 22.7 Å². The number of sulfonamides is 1. The van der Waals surface area contributed by atoms with E-state index in [-0.39, 0.29) is 24.2 Å². The van der Waals surface area contributed by atoms with E-state index in [1.807, 2.05) is 13.8 Å². The molecule has 0 radical (unpaired) electrons. The molecule has 1 amide bonds. The van der Waals surface area contributed by atoms with Crippen molar-refractivity contribution in [2.45, 2.75) is 58.7 Å². The van der Waals surface area contributed by atoms with E-state index in [2.05, 4.69) is 19.2 Å². The molecule has 1 aromatic carbocycles. The molecule has 0 spiro atoms. The minimum atomic E-state index is -3.59. The largest absolute Gasteiger partial charge is 0.497 e. The predicted molar refractivity (Wildman–Crippen MR) is 113 cm³/mol. The molecule has 1 heterocycles. The van der Waals surface area contributed by atoms with E-state index in [0.29, 0.717) is 36.7 Å². The van der Waals surface area contributed by atoms with Gasteiger partial charge in [0.25, 0.3) is 5.91 Å². The minimum Gasteiger partial charge on any atom is -0.497 e. The topological polar surface area (TPSA) is 84.9 Å². The van der Waals surface area contributed by atoms with Gasteiger partial charge in [0.1, 0.15) is 11.5 Å². The van der Waals surface area contributed by atoms with Crippen LogP contribution in [-0.4, -0.2) is 56.4 Å². The van der Waals surface area contributed by atoms with Gasteiger partial charge in [-0.2, -0.15) is 4.31 Å². The Morgan fingerprint density at radius 1 is 1.34 bits per heavy atom. The van der Waals surface area contributed by atoms with Crippen LogP contribution in [0.1, 0.15) is 57.3 Å². The van der Waals surface area contributed by atoms with Crippen LogP contribution in [0.5, 0.6) is 5.75 Å². The summed E-state index contributed by atoms with van der Waals surface area (Å²) in [6.07, 6.45) is 2.22. The molecule has 0 aromatic heterocycles. The highest BCUT2D eigenvalue weighted by atomic mass is 32.2. The molecule has 0 unspecified atom stereocenters. The fraction of sp³-hybridized carbons (Fsp3) is 0.667. The molecule has 1 aliphatic heterocycles. The zero-order valence-corrected chi connectivity index (χ0v) is 18.9. The van der Waals surface area contributed by atoms with Gasteiger partial charge < -0.3 is 14.8 Å². The summed E-state index contributed by atoms with van der Waals surface area (Å²) >= 11 is 0. The second-order valence-corrected chi connectivity index (χ2v) is 10.0. The molecule has 1 saturated heterocycles. The highest BCUT2D eigenvalue weighted by Crippen LogP contribution is 2.36. The van der Waals surface area contributed by atoms with Gasteiger partial charge in [-0.25, -0.2) is 8.42 Å². The molecule has 7 nitrogen and oxygen atoms in total. The van der Waals surface area contributed by atoms with Gasteiger partial charge in [-0.1, -0.05) is 20.8 Å². The van der Waals surface area contributed by atoms with Gasteiger partial charge in [-0.3, -0.25) is 4.79 Å². The van der Waals surface area contributed by atoms with Gasteiger partial charge in [-0.05, 0) is 56.4 Å². The van der Waals surface area contributed by atoms with Crippen molar-refractivity contribution in [1.82, 2.24) is 9.62 Å².